The molecule has 0 aliphatic carbocycles. The molecule has 3 heterocycles. The van der Waals surface area contributed by atoms with E-state index in [2.05, 4.69) is 21.4 Å². The summed E-state index contributed by atoms with van der Waals surface area (Å²) in [6.45, 7) is 1.83. The summed E-state index contributed by atoms with van der Waals surface area (Å²) in [6, 6.07) is 11.0. The second-order valence-electron chi connectivity index (χ2n) is 6.67. The number of furan rings is 1. The average Bonchev–Trinajstić information content (AvgIpc) is 3.26. The Morgan fingerprint density at radius 3 is 2.93 bits per heavy atom. The molecule has 0 bridgehead atoms. The van der Waals surface area contributed by atoms with Crippen molar-refractivity contribution >= 4 is 41.2 Å². The fraction of sp³-hybridized carbons (Fsp3) is 0.0909. The van der Waals surface area contributed by atoms with E-state index in [-0.39, 0.29) is 23.6 Å². The van der Waals surface area contributed by atoms with Gasteiger partial charge in [0.15, 0.2) is 22.9 Å². The number of aromatic nitrogens is 1. The fourth-order valence-electron chi connectivity index (χ4n) is 3.20. The van der Waals surface area contributed by atoms with E-state index in [1.165, 1.54) is 6.08 Å². The van der Waals surface area contributed by atoms with Gasteiger partial charge in [-0.3, -0.25) is 0 Å². The molecule has 30 heavy (non-hydrogen) atoms. The molecule has 0 unspecified atom stereocenters. The lowest BCUT2D eigenvalue weighted by Gasteiger charge is -2.09. The zero-order valence-corrected chi connectivity index (χ0v) is 15.9. The summed E-state index contributed by atoms with van der Waals surface area (Å²) in [5.74, 6) is -1.37. The lowest BCUT2D eigenvalue weighted by Crippen LogP contribution is -2.01. The van der Waals surface area contributed by atoms with Crippen molar-refractivity contribution in [3.63, 3.8) is 0 Å². The van der Waals surface area contributed by atoms with E-state index >= 15 is 0 Å². The molecule has 0 radical (unpaired) electrons. The van der Waals surface area contributed by atoms with Gasteiger partial charge in [-0.05, 0) is 42.3 Å². The second kappa shape index (κ2) is 7.56. The third-order valence-electron chi connectivity index (χ3n) is 4.66. The highest BCUT2D eigenvalue weighted by Crippen LogP contribution is 2.39. The van der Waals surface area contributed by atoms with E-state index in [1.54, 1.807) is 30.6 Å². The number of aromatic carboxylic acids is 1. The number of hydrogen-bond acceptors (Lipinski definition) is 7. The van der Waals surface area contributed by atoms with Gasteiger partial charge in [0.1, 0.15) is 0 Å². The van der Waals surface area contributed by atoms with Crippen LogP contribution in [0.4, 0.5) is 17.4 Å². The number of benzene rings is 1. The molecule has 0 spiro atoms. The second-order valence-corrected chi connectivity index (χ2v) is 6.67. The Labute approximate surface area is 171 Å². The van der Waals surface area contributed by atoms with Crippen LogP contribution < -0.4 is 5.32 Å². The van der Waals surface area contributed by atoms with Crippen LogP contribution in [0.1, 0.15) is 32.8 Å². The Morgan fingerprint density at radius 1 is 1.37 bits per heavy atom. The Kier molecular flexibility index (Phi) is 4.78. The van der Waals surface area contributed by atoms with E-state index in [0.717, 1.165) is 16.7 Å². The normalized spacial score (nSPS) is 13.3. The van der Waals surface area contributed by atoms with Crippen molar-refractivity contribution < 1.29 is 19.4 Å². The van der Waals surface area contributed by atoms with Crippen LogP contribution in [-0.2, 0) is 6.42 Å². The molecule has 148 valence electrons. The third kappa shape index (κ3) is 3.40. The number of aliphatic imine (C=N–C) groups is 1. The molecule has 0 atom stereocenters. The maximum Gasteiger partial charge on any atom is 0.345 e. The molecule has 3 aromatic rings. The smallest absolute Gasteiger partial charge is 0.345 e. The maximum atomic E-state index is 11.8. The lowest BCUT2D eigenvalue weighted by molar-refractivity contribution is 0.0695. The van der Waals surface area contributed by atoms with Crippen LogP contribution in [0.3, 0.4) is 0 Å². The molecule has 1 aromatic carbocycles. The summed E-state index contributed by atoms with van der Waals surface area (Å²) in [5.41, 5.74) is 3.27. The number of aryl methyl sites for hydroxylation is 1. The predicted molar refractivity (Wildman–Crippen MR) is 111 cm³/mol. The number of pyridine rings is 1. The van der Waals surface area contributed by atoms with Gasteiger partial charge in [0.05, 0.1) is 12.5 Å². The molecule has 3 N–H and O–H groups in total. The molecule has 0 amide bonds. The van der Waals surface area contributed by atoms with Crippen molar-refractivity contribution in [2.45, 2.75) is 13.3 Å². The number of allylic oxidation sites excluding steroid dienone is 1. The SMILES string of the molecule is Cc1cc(CC#N)ccc1Nc1oc(C=C2C=Nc3ncccc32)c(O)c1C(=O)O. The van der Waals surface area contributed by atoms with Gasteiger partial charge in [-0.15, -0.1) is 0 Å². The monoisotopic (exact) mass is 400 g/mol. The zero-order valence-electron chi connectivity index (χ0n) is 15.9. The van der Waals surface area contributed by atoms with Crippen LogP contribution in [0.5, 0.6) is 5.75 Å². The molecule has 8 heteroatoms. The number of fused-ring (bicyclic) bond motifs is 1. The number of hydrogen-bond donors (Lipinski definition) is 3. The average molecular weight is 400 g/mol. The van der Waals surface area contributed by atoms with Gasteiger partial charge < -0.3 is 19.9 Å². The van der Waals surface area contributed by atoms with Crippen LogP contribution in [0, 0.1) is 18.3 Å². The number of nitriles is 1. The van der Waals surface area contributed by atoms with E-state index in [9.17, 15) is 15.0 Å². The van der Waals surface area contributed by atoms with Gasteiger partial charge in [0, 0.05) is 29.2 Å². The first-order valence-electron chi connectivity index (χ1n) is 9.01. The van der Waals surface area contributed by atoms with E-state index in [0.29, 0.717) is 17.1 Å². The van der Waals surface area contributed by atoms with Gasteiger partial charge in [-0.2, -0.15) is 5.26 Å². The summed E-state index contributed by atoms with van der Waals surface area (Å²) in [5, 5.41) is 31.8. The Balaban J connectivity index is 1.72. The first-order chi connectivity index (χ1) is 14.5. The third-order valence-corrected chi connectivity index (χ3v) is 4.66. The zero-order chi connectivity index (χ0) is 21.3. The van der Waals surface area contributed by atoms with Crippen molar-refractivity contribution in [3.8, 4) is 11.8 Å². The van der Waals surface area contributed by atoms with Crippen molar-refractivity contribution in [2.75, 3.05) is 5.32 Å². The molecule has 0 fully saturated rings. The Bertz CT molecular complexity index is 1260. The molecule has 1 aliphatic heterocycles. The fourth-order valence-corrected chi connectivity index (χ4v) is 3.20. The minimum absolute atomic E-state index is 0.00759. The van der Waals surface area contributed by atoms with E-state index in [4.69, 9.17) is 9.68 Å². The minimum Gasteiger partial charge on any atom is -0.504 e. The summed E-state index contributed by atoms with van der Waals surface area (Å²) in [6.07, 6.45) is 5.00. The van der Waals surface area contributed by atoms with Crippen LogP contribution in [0.15, 0.2) is 45.9 Å². The van der Waals surface area contributed by atoms with Crippen LogP contribution in [-0.4, -0.2) is 27.4 Å². The number of rotatable bonds is 5. The Hall–Kier alpha value is -4.38. The van der Waals surface area contributed by atoms with E-state index in [1.807, 2.05) is 19.1 Å². The topological polar surface area (TPSA) is 132 Å². The Morgan fingerprint density at radius 2 is 2.20 bits per heavy atom. The molecule has 2 aromatic heterocycles. The van der Waals surface area contributed by atoms with Crippen LogP contribution in [0.25, 0.3) is 11.6 Å². The van der Waals surface area contributed by atoms with Gasteiger partial charge in [-0.1, -0.05) is 12.1 Å². The molecule has 8 nitrogen and oxygen atoms in total. The summed E-state index contributed by atoms with van der Waals surface area (Å²) < 4.78 is 5.67. The number of carboxylic acids is 1. The van der Waals surface area contributed by atoms with Gasteiger partial charge >= 0.3 is 5.97 Å². The standard InChI is InChI=1S/C22H16N4O4/c1-12-9-13(6-7-23)4-5-16(12)26-21-18(22(28)29)19(27)17(30-21)10-14-11-25-20-15(14)3-2-8-24-20/h2-5,8-11,26-27H,6H2,1H3,(H,28,29). The van der Waals surface area contributed by atoms with Gasteiger partial charge in [-0.25, -0.2) is 14.8 Å². The number of nitrogens with one attached hydrogen (secondary N) is 1. The molecule has 0 saturated carbocycles. The van der Waals surface area contributed by atoms with Crippen molar-refractivity contribution in [2.24, 2.45) is 4.99 Å². The van der Waals surface area contributed by atoms with E-state index < -0.39 is 11.7 Å². The lowest BCUT2D eigenvalue weighted by atomic mass is 10.1. The highest BCUT2D eigenvalue weighted by molar-refractivity contribution is 6.21. The predicted octanol–water partition coefficient (Wildman–Crippen LogP) is 4.45. The van der Waals surface area contributed by atoms with Crippen LogP contribution >= 0.6 is 0 Å². The largest absolute Gasteiger partial charge is 0.504 e. The highest BCUT2D eigenvalue weighted by atomic mass is 16.4. The minimum atomic E-state index is -1.33. The quantitative estimate of drug-likeness (QED) is 0.576. The molecular formula is C22H16N4O4. The molecule has 1 aliphatic rings. The first kappa shape index (κ1) is 19.0. The number of anilines is 2. The van der Waals surface area contributed by atoms with Gasteiger partial charge in [0.25, 0.3) is 0 Å². The maximum absolute atomic E-state index is 11.8. The summed E-state index contributed by atoms with van der Waals surface area (Å²) in [4.78, 5) is 20.1. The van der Waals surface area contributed by atoms with Crippen molar-refractivity contribution in [3.05, 3.63) is 64.5 Å². The number of nitrogens with zero attached hydrogens (tertiary/aromatic N) is 3. The highest BCUT2D eigenvalue weighted by Gasteiger charge is 2.26. The summed E-state index contributed by atoms with van der Waals surface area (Å²) >= 11 is 0. The summed E-state index contributed by atoms with van der Waals surface area (Å²) in [7, 11) is 0. The number of carbonyl (C=O) groups is 1. The molecule has 0 saturated heterocycles. The number of aromatic hydroxyl groups is 1. The van der Waals surface area contributed by atoms with Crippen molar-refractivity contribution in [1.29, 1.82) is 5.26 Å². The first-order valence-corrected chi connectivity index (χ1v) is 9.01. The molecular weight excluding hydrogens is 384 g/mol. The number of carboxylic acid groups (broad SMARTS) is 1. The molecule has 4 rings (SSSR count). The van der Waals surface area contributed by atoms with Crippen molar-refractivity contribution in [1.82, 2.24) is 4.98 Å². The van der Waals surface area contributed by atoms with Gasteiger partial charge in [0.2, 0.25) is 5.88 Å². The van der Waals surface area contributed by atoms with Crippen LogP contribution in [0.2, 0.25) is 0 Å².